The fraction of sp³-hybridized carbons (Fsp3) is 0. The SMILES string of the molecule is O=C([O-])C(=O)O.O=C([O-])C(=O)O.O=C([O-])C(=O)[O-].O=C([O-])C(=O)[O-].[Fe+2].[OH3+].[OH3+].c1cc(-c2cc[nH+]cc2)cc[nH+]1.c1cc(-c2cc[nH+]cc2)cc[nH+]1. The third kappa shape index (κ3) is 29.9. The van der Waals surface area contributed by atoms with Crippen LogP contribution in [0.5, 0.6) is 0 Å². The molecule has 0 atom stereocenters. The number of aromatic amines is 4. The Bertz CT molecular complexity index is 1340. The predicted octanol–water partition coefficient (Wildman–Crippen LogP) is -11.3. The molecule has 0 bridgehead atoms. The van der Waals surface area contributed by atoms with E-state index in [-0.39, 0.29) is 28.0 Å². The predicted molar refractivity (Wildman–Crippen MR) is 145 cm³/mol. The van der Waals surface area contributed by atoms with Crippen LogP contribution in [-0.2, 0) is 66.4 Å². The van der Waals surface area contributed by atoms with E-state index >= 15 is 0 Å². The zero-order valence-electron chi connectivity index (χ0n) is 25.4. The Morgan fingerprint density at radius 3 is 0.549 bits per heavy atom. The third-order valence-electron chi connectivity index (χ3n) is 4.22. The number of carboxylic acid groups (broad SMARTS) is 8. The minimum Gasteiger partial charge on any atom is -0.543 e. The molecule has 51 heavy (non-hydrogen) atoms. The summed E-state index contributed by atoms with van der Waals surface area (Å²) in [6.45, 7) is 0. The smallest absolute Gasteiger partial charge is 0.543 e. The first-order valence-electron chi connectivity index (χ1n) is 12.1. The zero-order valence-corrected chi connectivity index (χ0v) is 26.5. The first-order valence-corrected chi connectivity index (χ1v) is 12.1. The Morgan fingerprint density at radius 2 is 0.471 bits per heavy atom. The molecule has 0 aromatic carbocycles. The van der Waals surface area contributed by atoms with Crippen LogP contribution in [0.15, 0.2) is 98.1 Å². The van der Waals surface area contributed by atoms with Crippen LogP contribution in [0.4, 0.5) is 0 Å². The monoisotopic (exact) mass is 764 g/mol. The Kier molecular flexibility index (Phi) is 32.8. The maximum absolute atomic E-state index is 9.04. The second kappa shape index (κ2) is 31.4. The van der Waals surface area contributed by atoms with Crippen LogP contribution in [0.1, 0.15) is 0 Å². The van der Waals surface area contributed by atoms with Gasteiger partial charge in [0, 0.05) is 48.5 Å². The molecule has 12 N–H and O–H groups in total. The van der Waals surface area contributed by atoms with Crippen molar-refractivity contribution in [1.82, 2.24) is 0 Å². The summed E-state index contributed by atoms with van der Waals surface area (Å²) in [6, 6.07) is 16.4. The van der Waals surface area contributed by atoms with E-state index in [1.807, 2.05) is 49.6 Å². The van der Waals surface area contributed by atoms with Crippen LogP contribution in [0.25, 0.3) is 22.3 Å². The number of aromatic nitrogens is 4. The average Bonchev–Trinajstić information content (AvgIpc) is 3.07. The molecule has 4 rings (SSSR count). The number of hydrogen-bond donors (Lipinski definition) is 2. The standard InChI is InChI=1S/2C10H8N2.4C2H2O4.Fe.2H2O/c2*1-5-11-6-2-9(1)10-3-7-12-8-4-10;4*3-1(4)2(5)6;;;/h2*1-8H;4*(H,3,4)(H,5,6);;2*1H2/q;;;;;;+2;;. The van der Waals surface area contributed by atoms with E-state index in [1.54, 1.807) is 0 Å². The van der Waals surface area contributed by atoms with Crippen LogP contribution >= 0.6 is 0 Å². The van der Waals surface area contributed by atoms with E-state index in [0.717, 1.165) is 0 Å². The topological polar surface area (TPSA) is 438 Å². The summed E-state index contributed by atoms with van der Waals surface area (Å²) < 4.78 is 0. The van der Waals surface area contributed by atoms with Crippen molar-refractivity contribution in [2.24, 2.45) is 0 Å². The van der Waals surface area contributed by atoms with Gasteiger partial charge in [0.2, 0.25) is 0 Å². The van der Waals surface area contributed by atoms with Gasteiger partial charge in [0.1, 0.15) is 0 Å². The quantitative estimate of drug-likeness (QED) is 0.109. The van der Waals surface area contributed by atoms with Crippen LogP contribution in [0, 0.1) is 0 Å². The van der Waals surface area contributed by atoms with Crippen molar-refractivity contribution >= 4 is 47.8 Å². The summed E-state index contributed by atoms with van der Waals surface area (Å²) >= 11 is 0. The van der Waals surface area contributed by atoms with Gasteiger partial charge in [-0.2, -0.15) is 0 Å². The minimum atomic E-state index is -2.19. The van der Waals surface area contributed by atoms with Crippen molar-refractivity contribution in [3.8, 4) is 22.3 Å². The van der Waals surface area contributed by atoms with E-state index < -0.39 is 47.8 Å². The van der Waals surface area contributed by atoms with Gasteiger partial charge in [-0.15, -0.1) is 0 Å². The minimum absolute atomic E-state index is 0. The van der Waals surface area contributed by atoms with Gasteiger partial charge in [-0.05, 0) is 22.3 Å². The number of aliphatic carboxylic acids is 8. The van der Waals surface area contributed by atoms with Gasteiger partial charge in [-0.25, -0.2) is 29.5 Å². The number of nitrogens with one attached hydrogen (secondary N) is 4. The second-order valence-electron chi connectivity index (χ2n) is 7.49. The van der Waals surface area contributed by atoms with Crippen LogP contribution < -0.4 is 50.6 Å². The van der Waals surface area contributed by atoms with Gasteiger partial charge >= 0.3 is 29.0 Å². The Morgan fingerprint density at radius 1 is 0.353 bits per heavy atom. The molecule has 0 amide bonds. The number of carbonyl (C=O) groups excluding carboxylic acids is 6. The molecule has 4 aromatic rings. The van der Waals surface area contributed by atoms with E-state index in [0.29, 0.717) is 0 Å². The first-order chi connectivity index (χ1) is 22.5. The van der Waals surface area contributed by atoms with Crippen LogP contribution in [-0.4, -0.2) is 58.0 Å². The second-order valence-corrected chi connectivity index (χ2v) is 7.49. The number of H-pyrrole nitrogens is 4. The summed E-state index contributed by atoms with van der Waals surface area (Å²) in [5, 5.41) is 68.3. The van der Waals surface area contributed by atoms with Gasteiger partial charge in [-0.3, -0.25) is 0 Å². The molecule has 0 radical (unpaired) electrons. The van der Waals surface area contributed by atoms with Crippen molar-refractivity contribution in [3.05, 3.63) is 98.1 Å². The van der Waals surface area contributed by atoms with Gasteiger partial charge in [-0.1, -0.05) is 0 Å². The number of carboxylic acids is 8. The van der Waals surface area contributed by atoms with Crippen molar-refractivity contribution < 1.29 is 127 Å². The molecule has 4 heterocycles. The molecular weight excluding hydrogens is 736 g/mol. The summed E-state index contributed by atoms with van der Waals surface area (Å²) in [6.07, 6.45) is 15.4. The van der Waals surface area contributed by atoms with Gasteiger partial charge in [0.05, 0.1) is 23.9 Å². The average molecular weight is 764 g/mol. The normalized spacial score (nSPS) is 8.00. The molecule has 0 saturated carbocycles. The fourth-order valence-corrected chi connectivity index (χ4v) is 2.32. The van der Waals surface area contributed by atoms with E-state index in [9.17, 15) is 0 Å². The van der Waals surface area contributed by atoms with Crippen molar-refractivity contribution in [1.29, 1.82) is 0 Å². The van der Waals surface area contributed by atoms with Crippen molar-refractivity contribution in [3.63, 3.8) is 0 Å². The molecule has 0 fully saturated rings. The van der Waals surface area contributed by atoms with E-state index in [1.165, 1.54) is 22.3 Å². The molecule has 0 aliphatic rings. The summed E-state index contributed by atoms with van der Waals surface area (Å²) in [4.78, 5) is 83.7. The zero-order chi connectivity index (χ0) is 37.1. The molecule has 22 nitrogen and oxygen atoms in total. The fourth-order valence-electron chi connectivity index (χ4n) is 2.32. The van der Waals surface area contributed by atoms with Crippen LogP contribution in [0.2, 0.25) is 0 Å². The van der Waals surface area contributed by atoms with Gasteiger partial charge in [0.25, 0.3) is 0 Å². The van der Waals surface area contributed by atoms with E-state index in [2.05, 4.69) is 68.5 Å². The third-order valence-corrected chi connectivity index (χ3v) is 4.22. The molecular formula is C28H28FeN4O18+2. The maximum atomic E-state index is 9.04. The van der Waals surface area contributed by atoms with Gasteiger partial charge < -0.3 is 80.6 Å². The molecule has 23 heteroatoms. The summed E-state index contributed by atoms with van der Waals surface area (Å²) in [5.74, 6) is -16.8. The number of rotatable bonds is 2. The Labute approximate surface area is 295 Å². The van der Waals surface area contributed by atoms with Crippen molar-refractivity contribution in [2.75, 3.05) is 0 Å². The molecule has 274 valence electrons. The number of hydrogen-bond acceptors (Lipinski definition) is 14. The Hall–Kier alpha value is -7.20. The molecule has 0 saturated heterocycles. The molecule has 4 aromatic heterocycles. The summed E-state index contributed by atoms with van der Waals surface area (Å²) in [5.41, 5.74) is 4.90. The largest absolute Gasteiger partial charge is 2.00 e. The summed E-state index contributed by atoms with van der Waals surface area (Å²) in [7, 11) is 0. The number of pyridine rings is 4. The van der Waals surface area contributed by atoms with Gasteiger partial charge in [0.15, 0.2) is 61.5 Å². The maximum Gasteiger partial charge on any atom is 2.00 e. The molecule has 0 unspecified atom stereocenters. The Balaban J connectivity index is -0.000000170. The van der Waals surface area contributed by atoms with Crippen molar-refractivity contribution in [2.45, 2.75) is 0 Å². The number of carbonyl (C=O) groups is 8. The first kappa shape index (κ1) is 53.3. The van der Waals surface area contributed by atoms with Crippen LogP contribution in [0.3, 0.4) is 0 Å². The molecule has 0 spiro atoms. The molecule has 0 aliphatic carbocycles. The molecule has 0 aliphatic heterocycles. The van der Waals surface area contributed by atoms with E-state index in [4.69, 9.17) is 79.2 Å².